The molecule has 3 aromatic rings. The lowest BCUT2D eigenvalue weighted by Crippen LogP contribution is -2.36. The molecule has 1 aliphatic rings. The van der Waals surface area contributed by atoms with Crippen LogP contribution in [0.15, 0.2) is 53.9 Å². The average Bonchev–Trinajstić information content (AvgIpc) is 3.52. The minimum Gasteiger partial charge on any atom is -0.462 e. The van der Waals surface area contributed by atoms with Crippen LogP contribution in [0, 0.1) is 5.82 Å². The van der Waals surface area contributed by atoms with Crippen LogP contribution in [0.2, 0.25) is 5.02 Å². The van der Waals surface area contributed by atoms with E-state index in [1.54, 1.807) is 48.7 Å². The fraction of sp³-hybridized carbons (Fsp3) is 0.296. The average molecular weight is 530 g/mol. The number of anilines is 1. The van der Waals surface area contributed by atoms with Crippen molar-refractivity contribution in [1.82, 2.24) is 0 Å². The Balaban J connectivity index is 1.51. The van der Waals surface area contributed by atoms with Gasteiger partial charge in [-0.05, 0) is 43.5 Å². The highest BCUT2D eigenvalue weighted by Gasteiger charge is 2.44. The molecule has 0 unspecified atom stereocenters. The number of amides is 1. The first-order valence-corrected chi connectivity index (χ1v) is 12.9. The highest BCUT2D eigenvalue weighted by atomic mass is 35.5. The van der Waals surface area contributed by atoms with E-state index in [0.29, 0.717) is 34.6 Å². The summed E-state index contributed by atoms with van der Waals surface area (Å²) in [5.74, 6) is -2.09. The summed E-state index contributed by atoms with van der Waals surface area (Å²) in [5, 5.41) is 5.12. The van der Waals surface area contributed by atoms with Crippen LogP contribution < -0.4 is 5.32 Å². The second-order valence-electron chi connectivity index (χ2n) is 8.47. The molecule has 1 heterocycles. The van der Waals surface area contributed by atoms with Gasteiger partial charge in [0.2, 0.25) is 0 Å². The summed E-state index contributed by atoms with van der Waals surface area (Å²) in [6, 6.07) is 12.9. The van der Waals surface area contributed by atoms with Gasteiger partial charge in [0, 0.05) is 21.5 Å². The Morgan fingerprint density at radius 3 is 2.39 bits per heavy atom. The van der Waals surface area contributed by atoms with Gasteiger partial charge < -0.3 is 14.8 Å². The maximum atomic E-state index is 13.4. The molecule has 1 saturated carbocycles. The molecular formula is C27H25ClFNO5S. The third-order valence-corrected chi connectivity index (χ3v) is 7.49. The van der Waals surface area contributed by atoms with E-state index in [0.717, 1.165) is 24.2 Å². The van der Waals surface area contributed by atoms with E-state index in [2.05, 4.69) is 5.32 Å². The van der Waals surface area contributed by atoms with Crippen molar-refractivity contribution >= 4 is 45.8 Å². The zero-order chi connectivity index (χ0) is 25.7. The standard InChI is InChI=1S/C27H25ClFNO5S/c1-2-34-25(32)23-20(19-7-3-4-8-21(19)28)16-36-24(23)30-22(31)15-35-26(33)27(13-5-6-14-27)17-9-11-18(29)12-10-17/h3-4,7-12,16H,2,5-6,13-15H2,1H3,(H,30,31). The van der Waals surface area contributed by atoms with Gasteiger partial charge in [0.05, 0.1) is 12.0 Å². The normalized spacial score (nSPS) is 14.3. The first-order valence-electron chi connectivity index (χ1n) is 11.6. The van der Waals surface area contributed by atoms with Crippen LogP contribution in [0.4, 0.5) is 9.39 Å². The molecule has 0 saturated heterocycles. The highest BCUT2D eigenvalue weighted by molar-refractivity contribution is 7.15. The van der Waals surface area contributed by atoms with Crippen molar-refractivity contribution in [3.63, 3.8) is 0 Å². The smallest absolute Gasteiger partial charge is 0.341 e. The summed E-state index contributed by atoms with van der Waals surface area (Å²) < 4.78 is 24.1. The molecule has 1 amide bonds. The summed E-state index contributed by atoms with van der Waals surface area (Å²) in [5.41, 5.74) is 1.14. The van der Waals surface area contributed by atoms with Crippen LogP contribution in [0.1, 0.15) is 48.5 Å². The molecule has 2 aromatic carbocycles. The second-order valence-corrected chi connectivity index (χ2v) is 9.76. The minimum absolute atomic E-state index is 0.160. The molecule has 36 heavy (non-hydrogen) atoms. The lowest BCUT2D eigenvalue weighted by atomic mass is 9.79. The Labute approximate surface area is 217 Å². The van der Waals surface area contributed by atoms with E-state index < -0.39 is 29.9 Å². The molecule has 9 heteroatoms. The van der Waals surface area contributed by atoms with Gasteiger partial charge in [-0.25, -0.2) is 9.18 Å². The largest absolute Gasteiger partial charge is 0.462 e. The number of thiophene rings is 1. The Morgan fingerprint density at radius 2 is 1.72 bits per heavy atom. The van der Waals surface area contributed by atoms with E-state index in [9.17, 15) is 18.8 Å². The number of ether oxygens (including phenoxy) is 2. The molecular weight excluding hydrogens is 505 g/mol. The van der Waals surface area contributed by atoms with E-state index >= 15 is 0 Å². The summed E-state index contributed by atoms with van der Waals surface area (Å²) in [7, 11) is 0. The van der Waals surface area contributed by atoms with E-state index in [1.807, 2.05) is 0 Å². The van der Waals surface area contributed by atoms with Crippen molar-refractivity contribution in [3.05, 3.63) is 75.9 Å². The molecule has 1 N–H and O–H groups in total. The van der Waals surface area contributed by atoms with Crippen LogP contribution in [0.3, 0.4) is 0 Å². The van der Waals surface area contributed by atoms with Gasteiger partial charge >= 0.3 is 11.9 Å². The SMILES string of the molecule is CCOC(=O)c1c(-c2ccccc2Cl)csc1NC(=O)COC(=O)C1(c2ccc(F)cc2)CCCC1. The number of nitrogens with one attached hydrogen (secondary N) is 1. The molecule has 188 valence electrons. The molecule has 0 bridgehead atoms. The zero-order valence-corrected chi connectivity index (χ0v) is 21.2. The van der Waals surface area contributed by atoms with Crippen LogP contribution in [0.5, 0.6) is 0 Å². The maximum Gasteiger partial charge on any atom is 0.341 e. The topological polar surface area (TPSA) is 81.7 Å². The van der Waals surface area contributed by atoms with Crippen molar-refractivity contribution < 1.29 is 28.2 Å². The maximum absolute atomic E-state index is 13.4. The van der Waals surface area contributed by atoms with Gasteiger partial charge in [-0.2, -0.15) is 0 Å². The van der Waals surface area contributed by atoms with Crippen LogP contribution in [-0.2, 0) is 24.5 Å². The number of carbonyl (C=O) groups excluding carboxylic acids is 3. The van der Waals surface area contributed by atoms with Crippen molar-refractivity contribution in [2.45, 2.75) is 38.0 Å². The van der Waals surface area contributed by atoms with Crippen LogP contribution in [-0.4, -0.2) is 31.1 Å². The molecule has 0 spiro atoms. The number of carbonyl (C=O) groups is 3. The lowest BCUT2D eigenvalue weighted by molar-refractivity contribution is -0.153. The molecule has 0 atom stereocenters. The van der Waals surface area contributed by atoms with E-state index in [-0.39, 0.29) is 23.0 Å². The number of hydrogen-bond donors (Lipinski definition) is 1. The van der Waals surface area contributed by atoms with Crippen LogP contribution in [0.25, 0.3) is 11.1 Å². The Hall–Kier alpha value is -3.23. The summed E-state index contributed by atoms with van der Waals surface area (Å²) in [6.07, 6.45) is 2.81. The first-order chi connectivity index (χ1) is 17.4. The molecule has 6 nitrogen and oxygen atoms in total. The monoisotopic (exact) mass is 529 g/mol. The van der Waals surface area contributed by atoms with E-state index in [4.69, 9.17) is 21.1 Å². The summed E-state index contributed by atoms with van der Waals surface area (Å²) in [6.45, 7) is 1.33. The number of hydrogen-bond acceptors (Lipinski definition) is 6. The van der Waals surface area contributed by atoms with Gasteiger partial charge in [0.15, 0.2) is 6.61 Å². The minimum atomic E-state index is -0.899. The quantitative estimate of drug-likeness (QED) is 0.342. The van der Waals surface area contributed by atoms with Crippen molar-refractivity contribution in [3.8, 4) is 11.1 Å². The number of benzene rings is 2. The van der Waals surface area contributed by atoms with Crippen molar-refractivity contribution in [1.29, 1.82) is 0 Å². The fourth-order valence-corrected chi connectivity index (χ4v) is 5.73. The number of esters is 2. The molecule has 1 aliphatic carbocycles. The first kappa shape index (κ1) is 25.9. The highest BCUT2D eigenvalue weighted by Crippen LogP contribution is 2.42. The predicted molar refractivity (Wildman–Crippen MR) is 137 cm³/mol. The van der Waals surface area contributed by atoms with Gasteiger partial charge in [0.25, 0.3) is 5.91 Å². The van der Waals surface area contributed by atoms with Gasteiger partial charge in [0.1, 0.15) is 16.4 Å². The lowest BCUT2D eigenvalue weighted by Gasteiger charge is -2.27. The number of halogens is 2. The molecule has 1 fully saturated rings. The van der Waals surface area contributed by atoms with Gasteiger partial charge in [-0.1, -0.05) is 54.8 Å². The van der Waals surface area contributed by atoms with E-state index in [1.165, 1.54) is 12.1 Å². The van der Waals surface area contributed by atoms with Gasteiger partial charge in [-0.15, -0.1) is 11.3 Å². The van der Waals surface area contributed by atoms with Crippen molar-refractivity contribution in [2.24, 2.45) is 0 Å². The second kappa shape index (κ2) is 11.2. The van der Waals surface area contributed by atoms with Gasteiger partial charge in [-0.3, -0.25) is 9.59 Å². The summed E-state index contributed by atoms with van der Waals surface area (Å²) in [4.78, 5) is 38.6. The molecule has 4 rings (SSSR count). The zero-order valence-electron chi connectivity index (χ0n) is 19.6. The molecule has 0 aliphatic heterocycles. The van der Waals surface area contributed by atoms with Crippen molar-refractivity contribution in [2.75, 3.05) is 18.5 Å². The molecule has 1 aromatic heterocycles. The van der Waals surface area contributed by atoms with Crippen LogP contribution >= 0.6 is 22.9 Å². The number of rotatable bonds is 8. The Morgan fingerprint density at radius 1 is 1.03 bits per heavy atom. The predicted octanol–water partition coefficient (Wildman–Crippen LogP) is 6.38. The Bertz CT molecular complexity index is 1270. The Kier molecular flexibility index (Phi) is 8.06. The molecule has 0 radical (unpaired) electrons. The fourth-order valence-electron chi connectivity index (χ4n) is 4.52. The third-order valence-electron chi connectivity index (χ3n) is 6.27. The summed E-state index contributed by atoms with van der Waals surface area (Å²) >= 11 is 7.49. The third kappa shape index (κ3) is 5.29.